The van der Waals surface area contributed by atoms with Gasteiger partial charge in [0, 0.05) is 19.0 Å². The second-order valence-electron chi connectivity index (χ2n) is 4.90. The van der Waals surface area contributed by atoms with Crippen molar-refractivity contribution in [2.24, 2.45) is 0 Å². The van der Waals surface area contributed by atoms with Gasteiger partial charge in [0.1, 0.15) is 19.0 Å². The Labute approximate surface area is 132 Å². The van der Waals surface area contributed by atoms with E-state index < -0.39 is 0 Å². The van der Waals surface area contributed by atoms with Gasteiger partial charge < -0.3 is 20.1 Å². The average Bonchev–Trinajstić information content (AvgIpc) is 2.52. The molecule has 0 atom stereocenters. The summed E-state index contributed by atoms with van der Waals surface area (Å²) in [6.07, 6.45) is 0. The molecule has 116 valence electrons. The molecule has 1 aliphatic rings. The molecular weight excluding hydrogens is 302 g/mol. The second-order valence-corrected chi connectivity index (χ2v) is 5.95. The van der Waals surface area contributed by atoms with Crippen molar-refractivity contribution < 1.29 is 9.47 Å². The molecule has 0 saturated carbocycles. The summed E-state index contributed by atoms with van der Waals surface area (Å²) in [4.78, 5) is 15.5. The topological polar surface area (TPSA) is 86.4 Å². The highest BCUT2D eigenvalue weighted by atomic mass is 32.2. The molecule has 1 aromatic carbocycles. The van der Waals surface area contributed by atoms with Crippen LogP contribution in [0.25, 0.3) is 0 Å². The molecule has 1 aromatic heterocycles. The summed E-state index contributed by atoms with van der Waals surface area (Å²) in [5, 5.41) is 0. The number of hydrogen-bond acceptors (Lipinski definition) is 8. The minimum Gasteiger partial charge on any atom is -0.486 e. The van der Waals surface area contributed by atoms with Gasteiger partial charge in [0.2, 0.25) is 11.9 Å². The maximum absolute atomic E-state index is 5.72. The summed E-state index contributed by atoms with van der Waals surface area (Å²) in [5.41, 5.74) is 5.72. The van der Waals surface area contributed by atoms with E-state index in [2.05, 4.69) is 15.0 Å². The van der Waals surface area contributed by atoms with Crippen LogP contribution in [0.1, 0.15) is 5.82 Å². The molecule has 0 spiro atoms. The Hall–Kier alpha value is -2.22. The van der Waals surface area contributed by atoms with E-state index in [1.807, 2.05) is 32.3 Å². The van der Waals surface area contributed by atoms with Crippen molar-refractivity contribution in [1.82, 2.24) is 15.0 Å². The zero-order chi connectivity index (χ0) is 15.5. The fourth-order valence-electron chi connectivity index (χ4n) is 1.95. The third kappa shape index (κ3) is 3.33. The zero-order valence-corrected chi connectivity index (χ0v) is 13.3. The van der Waals surface area contributed by atoms with Crippen molar-refractivity contribution in [3.8, 4) is 11.5 Å². The molecule has 0 unspecified atom stereocenters. The lowest BCUT2D eigenvalue weighted by atomic mass is 10.3. The Kier molecular flexibility index (Phi) is 4.19. The van der Waals surface area contributed by atoms with Gasteiger partial charge >= 0.3 is 0 Å². The number of nitrogens with two attached hydrogens (primary N) is 1. The summed E-state index contributed by atoms with van der Waals surface area (Å²) >= 11 is 1.61. The fourth-order valence-corrected chi connectivity index (χ4v) is 2.73. The van der Waals surface area contributed by atoms with Gasteiger partial charge in [-0.2, -0.15) is 15.0 Å². The lowest BCUT2D eigenvalue weighted by molar-refractivity contribution is 0.171. The molecule has 2 heterocycles. The van der Waals surface area contributed by atoms with E-state index in [0.29, 0.717) is 30.7 Å². The summed E-state index contributed by atoms with van der Waals surface area (Å²) in [7, 11) is 3.74. The molecule has 2 aromatic rings. The maximum Gasteiger partial charge on any atom is 0.229 e. The first kappa shape index (κ1) is 14.7. The summed E-state index contributed by atoms with van der Waals surface area (Å²) < 4.78 is 11.1. The van der Waals surface area contributed by atoms with E-state index in [0.717, 1.165) is 16.4 Å². The molecular formula is C14H17N5O2S. The smallest absolute Gasteiger partial charge is 0.229 e. The first-order valence-corrected chi connectivity index (χ1v) is 7.80. The van der Waals surface area contributed by atoms with Crippen LogP contribution >= 0.6 is 11.8 Å². The van der Waals surface area contributed by atoms with Crippen molar-refractivity contribution in [1.29, 1.82) is 0 Å². The van der Waals surface area contributed by atoms with Gasteiger partial charge in [-0.25, -0.2) is 0 Å². The Morgan fingerprint density at radius 2 is 1.91 bits per heavy atom. The number of anilines is 2. The third-order valence-corrected chi connectivity index (χ3v) is 3.96. The minimum absolute atomic E-state index is 0.233. The lowest BCUT2D eigenvalue weighted by Crippen LogP contribution is -2.16. The predicted octanol–water partition coefficient (Wildman–Crippen LogP) is 1.58. The molecule has 0 saturated heterocycles. The molecule has 0 fully saturated rings. The van der Waals surface area contributed by atoms with Crippen LogP contribution in [0.5, 0.6) is 11.5 Å². The van der Waals surface area contributed by atoms with E-state index in [1.165, 1.54) is 0 Å². The van der Waals surface area contributed by atoms with Crippen LogP contribution in [-0.4, -0.2) is 42.3 Å². The molecule has 8 heteroatoms. The number of rotatable bonds is 4. The number of aromatic nitrogens is 3. The number of nitrogen functional groups attached to an aromatic ring is 1. The monoisotopic (exact) mass is 319 g/mol. The summed E-state index contributed by atoms with van der Waals surface area (Å²) in [6, 6.07) is 5.88. The first-order chi connectivity index (χ1) is 10.6. The molecule has 3 rings (SSSR count). The molecule has 0 amide bonds. The normalized spacial score (nSPS) is 13.0. The average molecular weight is 319 g/mol. The number of ether oxygens (including phenoxy) is 2. The lowest BCUT2D eigenvalue weighted by Gasteiger charge is -2.18. The van der Waals surface area contributed by atoms with Crippen LogP contribution in [0.3, 0.4) is 0 Å². The van der Waals surface area contributed by atoms with Crippen molar-refractivity contribution in [3.63, 3.8) is 0 Å². The molecule has 22 heavy (non-hydrogen) atoms. The summed E-state index contributed by atoms with van der Waals surface area (Å²) in [5.74, 6) is 3.61. The predicted molar refractivity (Wildman–Crippen MR) is 85.6 cm³/mol. The maximum atomic E-state index is 5.72. The zero-order valence-electron chi connectivity index (χ0n) is 12.4. The Morgan fingerprint density at radius 1 is 1.14 bits per heavy atom. The highest BCUT2D eigenvalue weighted by Crippen LogP contribution is 2.34. The van der Waals surface area contributed by atoms with Crippen LogP contribution in [0.15, 0.2) is 23.1 Å². The second kappa shape index (κ2) is 6.27. The summed E-state index contributed by atoms with van der Waals surface area (Å²) in [6.45, 7) is 1.17. The number of hydrogen-bond donors (Lipinski definition) is 1. The van der Waals surface area contributed by atoms with Crippen LogP contribution in [0, 0.1) is 0 Å². The van der Waals surface area contributed by atoms with Gasteiger partial charge in [-0.3, -0.25) is 0 Å². The van der Waals surface area contributed by atoms with Gasteiger partial charge in [-0.05, 0) is 18.2 Å². The van der Waals surface area contributed by atoms with Crippen LogP contribution in [-0.2, 0) is 5.75 Å². The van der Waals surface area contributed by atoms with Crippen LogP contribution in [0.2, 0.25) is 0 Å². The van der Waals surface area contributed by atoms with Crippen LogP contribution < -0.4 is 20.1 Å². The molecule has 0 radical (unpaired) electrons. The van der Waals surface area contributed by atoms with Crippen molar-refractivity contribution in [2.75, 3.05) is 37.9 Å². The van der Waals surface area contributed by atoms with E-state index in [9.17, 15) is 0 Å². The van der Waals surface area contributed by atoms with Crippen molar-refractivity contribution in [2.45, 2.75) is 10.6 Å². The van der Waals surface area contributed by atoms with Crippen molar-refractivity contribution in [3.05, 3.63) is 24.0 Å². The van der Waals surface area contributed by atoms with E-state index in [1.54, 1.807) is 16.7 Å². The van der Waals surface area contributed by atoms with Crippen molar-refractivity contribution >= 4 is 23.7 Å². The fraction of sp³-hybridized carbons (Fsp3) is 0.357. The Bertz CT molecular complexity index is 680. The van der Waals surface area contributed by atoms with Crippen LogP contribution in [0.4, 0.5) is 11.9 Å². The number of thioether (sulfide) groups is 1. The SMILES string of the molecule is CN(C)c1nc(N)nc(CSc2ccc3c(c2)OCCO3)n1. The van der Waals surface area contributed by atoms with E-state index in [-0.39, 0.29) is 5.95 Å². The first-order valence-electron chi connectivity index (χ1n) is 6.82. The minimum atomic E-state index is 0.233. The van der Waals surface area contributed by atoms with Gasteiger partial charge in [-0.15, -0.1) is 11.8 Å². The van der Waals surface area contributed by atoms with Gasteiger partial charge in [0.25, 0.3) is 0 Å². The number of fused-ring (bicyclic) bond motifs is 1. The molecule has 0 aliphatic carbocycles. The largest absolute Gasteiger partial charge is 0.486 e. The van der Waals surface area contributed by atoms with E-state index >= 15 is 0 Å². The molecule has 2 N–H and O–H groups in total. The standard InChI is InChI=1S/C14H17N5O2S/c1-19(2)14-17-12(16-13(15)18-14)8-22-9-3-4-10-11(7-9)21-6-5-20-10/h3-4,7H,5-6,8H2,1-2H3,(H2,15,16,17,18). The third-order valence-electron chi connectivity index (χ3n) is 2.97. The quantitative estimate of drug-likeness (QED) is 0.850. The highest BCUT2D eigenvalue weighted by molar-refractivity contribution is 7.98. The number of nitrogens with zero attached hydrogens (tertiary/aromatic N) is 4. The number of benzene rings is 1. The highest BCUT2D eigenvalue weighted by Gasteiger charge is 2.12. The van der Waals surface area contributed by atoms with Gasteiger partial charge in [0.15, 0.2) is 11.5 Å². The van der Waals surface area contributed by atoms with Gasteiger partial charge in [-0.1, -0.05) is 0 Å². The van der Waals surface area contributed by atoms with E-state index in [4.69, 9.17) is 15.2 Å². The van der Waals surface area contributed by atoms with Gasteiger partial charge in [0.05, 0.1) is 5.75 Å². The Morgan fingerprint density at radius 3 is 2.68 bits per heavy atom. The Balaban J connectivity index is 1.72. The molecule has 1 aliphatic heterocycles. The molecule has 0 bridgehead atoms. The molecule has 7 nitrogen and oxygen atoms in total.